The van der Waals surface area contributed by atoms with Crippen LogP contribution in [0.15, 0.2) is 84.2 Å². The van der Waals surface area contributed by atoms with Crippen LogP contribution < -0.4 is 4.48 Å². The van der Waals surface area contributed by atoms with Gasteiger partial charge in [0.15, 0.2) is 5.70 Å². The predicted octanol–water partition coefficient (Wildman–Crippen LogP) is 5.00. The minimum Gasteiger partial charge on any atom is -0.378 e. The summed E-state index contributed by atoms with van der Waals surface area (Å²) in [6.07, 6.45) is 11.6. The maximum atomic E-state index is 13.2. The highest BCUT2D eigenvalue weighted by atomic mass is 16.5. The van der Waals surface area contributed by atoms with Gasteiger partial charge in [-0.2, -0.15) is 14.7 Å². The first-order valence-corrected chi connectivity index (χ1v) is 11.5. The molecule has 34 heavy (non-hydrogen) atoms. The molecular weight excluding hydrogens is 424 g/mol. The van der Waals surface area contributed by atoms with Crippen LogP contribution in [0.1, 0.15) is 41.3 Å². The second-order valence-electron chi connectivity index (χ2n) is 9.11. The van der Waals surface area contributed by atoms with Crippen LogP contribution in [-0.2, 0) is 4.74 Å². The largest absolute Gasteiger partial charge is 0.378 e. The number of carbonyl (C=O) groups is 1. The first-order valence-electron chi connectivity index (χ1n) is 11.5. The molecular formula is C28H27N4O2+. The van der Waals surface area contributed by atoms with Crippen molar-refractivity contribution in [2.45, 2.75) is 25.4 Å². The van der Waals surface area contributed by atoms with Gasteiger partial charge >= 0.3 is 0 Å². The zero-order valence-corrected chi connectivity index (χ0v) is 19.4. The first kappa shape index (κ1) is 22.0. The molecule has 1 fully saturated rings. The molecule has 0 radical (unpaired) electrons. The van der Waals surface area contributed by atoms with E-state index in [2.05, 4.69) is 19.2 Å². The van der Waals surface area contributed by atoms with Gasteiger partial charge in [-0.1, -0.05) is 6.07 Å². The number of nitrogens with zero attached hydrogens (tertiary/aromatic N) is 4. The summed E-state index contributed by atoms with van der Waals surface area (Å²) in [6, 6.07) is 17.6. The van der Waals surface area contributed by atoms with Crippen molar-refractivity contribution in [3.05, 3.63) is 95.8 Å². The summed E-state index contributed by atoms with van der Waals surface area (Å²) in [5, 5.41) is 9.38. The van der Waals surface area contributed by atoms with Crippen molar-refractivity contribution in [2.75, 3.05) is 20.2 Å². The van der Waals surface area contributed by atoms with Gasteiger partial charge in [-0.3, -0.25) is 4.79 Å². The van der Waals surface area contributed by atoms with Gasteiger partial charge in [-0.05, 0) is 62.2 Å². The van der Waals surface area contributed by atoms with Crippen molar-refractivity contribution in [3.63, 3.8) is 0 Å². The van der Waals surface area contributed by atoms with E-state index in [0.717, 1.165) is 35.6 Å². The van der Waals surface area contributed by atoms with E-state index >= 15 is 0 Å². The van der Waals surface area contributed by atoms with E-state index in [9.17, 15) is 10.1 Å². The number of allylic oxidation sites excluding steroid dienone is 2. The number of amidine groups is 1. The van der Waals surface area contributed by atoms with Crippen molar-refractivity contribution >= 4 is 23.1 Å². The number of nitriles is 1. The van der Waals surface area contributed by atoms with Gasteiger partial charge in [0, 0.05) is 49.5 Å². The molecule has 6 heteroatoms. The molecule has 170 valence electrons. The molecule has 0 spiro atoms. The lowest BCUT2D eigenvalue weighted by Crippen LogP contribution is -2.46. The second kappa shape index (κ2) is 8.53. The number of piperidine rings is 1. The summed E-state index contributed by atoms with van der Waals surface area (Å²) in [5.41, 5.74) is 4.01. The van der Waals surface area contributed by atoms with Crippen molar-refractivity contribution in [1.29, 1.82) is 5.26 Å². The van der Waals surface area contributed by atoms with Crippen LogP contribution in [0, 0.1) is 11.3 Å². The Morgan fingerprint density at radius 2 is 1.91 bits per heavy atom. The van der Waals surface area contributed by atoms with E-state index in [4.69, 9.17) is 9.73 Å². The van der Waals surface area contributed by atoms with E-state index < -0.39 is 0 Å². The number of quaternary nitrogens is 1. The standard InChI is InChI=1S/C28H27N4O2/c1-28(34-2)13-15-31(16-14-28)27(33)22-9-11-24(12-10-22)32-17-4-3-8-26(32)30-20-25(32)23-7-5-6-21(18-23)19-29/h3-12,17-18,20H,13-16H2,1-2H3/q+1. The predicted molar refractivity (Wildman–Crippen MR) is 134 cm³/mol. The van der Waals surface area contributed by atoms with Crippen molar-refractivity contribution < 1.29 is 9.53 Å². The molecule has 1 unspecified atom stereocenters. The van der Waals surface area contributed by atoms with Gasteiger partial charge < -0.3 is 9.64 Å². The normalized spacial score (nSPS) is 22.6. The molecule has 3 aliphatic heterocycles. The first-order chi connectivity index (χ1) is 16.5. The van der Waals surface area contributed by atoms with Crippen LogP contribution in [0.3, 0.4) is 0 Å². The molecule has 1 saturated heterocycles. The SMILES string of the molecule is COC1(C)CCN(C(=O)c2ccc([N+]34C=CC=CC3=NC=C4c3cccc(C#N)c3)cc2)CC1. The second-order valence-corrected chi connectivity index (χ2v) is 9.11. The van der Waals surface area contributed by atoms with Gasteiger partial charge in [0.25, 0.3) is 5.91 Å². The summed E-state index contributed by atoms with van der Waals surface area (Å²) < 4.78 is 5.92. The van der Waals surface area contributed by atoms with Crippen LogP contribution >= 0.6 is 0 Å². The lowest BCUT2D eigenvalue weighted by atomic mass is 9.93. The minimum absolute atomic E-state index is 0.0478. The monoisotopic (exact) mass is 451 g/mol. The Kier molecular flexibility index (Phi) is 5.52. The van der Waals surface area contributed by atoms with Gasteiger partial charge in [0.2, 0.25) is 5.84 Å². The Morgan fingerprint density at radius 1 is 1.15 bits per heavy atom. The number of aliphatic imine (C=N–C) groups is 1. The zero-order valence-electron chi connectivity index (χ0n) is 19.4. The molecule has 0 saturated carbocycles. The molecule has 2 aromatic rings. The average Bonchev–Trinajstić information content (AvgIpc) is 3.29. The van der Waals surface area contributed by atoms with E-state index in [1.165, 1.54) is 0 Å². The molecule has 0 N–H and O–H groups in total. The molecule has 3 aliphatic rings. The number of likely N-dealkylation sites (tertiary alicyclic amines) is 1. The third-order valence-corrected chi connectivity index (χ3v) is 7.14. The molecule has 0 aromatic heterocycles. The highest BCUT2D eigenvalue weighted by Gasteiger charge is 2.44. The van der Waals surface area contributed by atoms with E-state index in [1.807, 2.05) is 71.8 Å². The van der Waals surface area contributed by atoms with Crippen LogP contribution in [-0.4, -0.2) is 42.4 Å². The number of ether oxygens (including phenoxy) is 1. The molecule has 1 amide bonds. The number of carbonyl (C=O) groups excluding carboxylic acids is 1. The number of hydrogen-bond acceptors (Lipinski definition) is 4. The third kappa shape index (κ3) is 3.60. The Bertz CT molecular complexity index is 1290. The molecule has 5 rings (SSSR count). The zero-order chi connectivity index (χ0) is 23.8. The number of fused-ring (bicyclic) bond motifs is 1. The summed E-state index contributed by atoms with van der Waals surface area (Å²) in [4.78, 5) is 19.8. The molecule has 6 nitrogen and oxygen atoms in total. The fourth-order valence-electron chi connectivity index (χ4n) is 4.86. The molecule has 2 aromatic carbocycles. The Hall–Kier alpha value is -3.79. The summed E-state index contributed by atoms with van der Waals surface area (Å²) in [6.45, 7) is 3.49. The number of amides is 1. The fourth-order valence-corrected chi connectivity index (χ4v) is 4.86. The van der Waals surface area contributed by atoms with E-state index in [-0.39, 0.29) is 11.5 Å². The third-order valence-electron chi connectivity index (χ3n) is 7.14. The number of rotatable bonds is 4. The van der Waals surface area contributed by atoms with Crippen molar-refractivity contribution in [3.8, 4) is 6.07 Å². The topological polar surface area (TPSA) is 65.7 Å². The van der Waals surface area contributed by atoms with Gasteiger partial charge in [0.1, 0.15) is 11.9 Å². The molecule has 0 aliphatic carbocycles. The highest BCUT2D eigenvalue weighted by Crippen LogP contribution is 2.41. The van der Waals surface area contributed by atoms with Gasteiger partial charge in [-0.15, -0.1) is 0 Å². The van der Waals surface area contributed by atoms with Gasteiger partial charge in [-0.25, -0.2) is 0 Å². The Balaban J connectivity index is 1.45. The lowest BCUT2D eigenvalue weighted by molar-refractivity contribution is -0.0379. The number of benzene rings is 2. The van der Waals surface area contributed by atoms with Crippen molar-refractivity contribution in [1.82, 2.24) is 9.38 Å². The van der Waals surface area contributed by atoms with Crippen LogP contribution in [0.4, 0.5) is 5.69 Å². The van der Waals surface area contributed by atoms with Crippen molar-refractivity contribution in [2.24, 2.45) is 4.99 Å². The highest BCUT2D eigenvalue weighted by molar-refractivity contribution is 6.14. The van der Waals surface area contributed by atoms with Crippen LogP contribution in [0.5, 0.6) is 0 Å². The maximum absolute atomic E-state index is 13.2. The number of methoxy groups -OCH3 is 1. The minimum atomic E-state index is -0.151. The average molecular weight is 452 g/mol. The smallest absolute Gasteiger partial charge is 0.253 e. The van der Waals surface area contributed by atoms with E-state index in [0.29, 0.717) is 28.7 Å². The maximum Gasteiger partial charge on any atom is 0.253 e. The number of hydrogen-bond donors (Lipinski definition) is 0. The van der Waals surface area contributed by atoms with E-state index in [1.54, 1.807) is 13.2 Å². The fraction of sp³-hybridized carbons (Fsp3) is 0.250. The van der Waals surface area contributed by atoms with Crippen LogP contribution in [0.25, 0.3) is 5.70 Å². The quantitative estimate of drug-likeness (QED) is 0.615. The molecule has 3 heterocycles. The lowest BCUT2D eigenvalue weighted by Gasteiger charge is -2.38. The summed E-state index contributed by atoms with van der Waals surface area (Å²) in [7, 11) is 1.74. The van der Waals surface area contributed by atoms with Gasteiger partial charge in [0.05, 0.1) is 23.4 Å². The summed E-state index contributed by atoms with van der Waals surface area (Å²) >= 11 is 0. The molecule has 0 bridgehead atoms. The summed E-state index contributed by atoms with van der Waals surface area (Å²) in [5.74, 6) is 0.917. The van der Waals surface area contributed by atoms with Crippen LogP contribution in [0.2, 0.25) is 0 Å². The Labute approximate surface area is 200 Å². The Morgan fingerprint density at radius 3 is 2.62 bits per heavy atom. The molecule has 1 atom stereocenters.